The van der Waals surface area contributed by atoms with Crippen molar-refractivity contribution in [1.29, 1.82) is 0 Å². The molecule has 0 radical (unpaired) electrons. The third kappa shape index (κ3) is 3.34. The van der Waals surface area contributed by atoms with Crippen LogP contribution in [0.25, 0.3) is 0 Å². The zero-order chi connectivity index (χ0) is 14.9. The van der Waals surface area contributed by atoms with Gasteiger partial charge in [0.05, 0.1) is 4.92 Å². The van der Waals surface area contributed by atoms with Crippen molar-refractivity contribution in [2.75, 3.05) is 19.6 Å². The van der Waals surface area contributed by atoms with Crippen LogP contribution in [0.2, 0.25) is 0 Å². The smallest absolute Gasteiger partial charge is 0.289 e. The van der Waals surface area contributed by atoms with E-state index in [1.165, 1.54) is 16.4 Å². The van der Waals surface area contributed by atoms with Crippen molar-refractivity contribution in [3.05, 3.63) is 33.9 Å². The standard InChI is InChI=1S/C12H17N3O4S.ClH/c1-9-4-3-5-11(15(16)17)12(9)20(18,19)14-7-6-13-8-10(14)2;/h3-5,10,13H,6-8H2,1-2H3;1H/t10-;/m1./s1. The number of nitrogens with zero attached hydrogens (tertiary/aromatic N) is 2. The van der Waals surface area contributed by atoms with Crippen LogP contribution in [-0.4, -0.2) is 43.3 Å². The lowest BCUT2D eigenvalue weighted by Gasteiger charge is -2.33. The Balaban J connectivity index is 0.00000220. The fourth-order valence-corrected chi connectivity index (χ4v) is 4.41. The third-order valence-corrected chi connectivity index (χ3v) is 5.60. The summed E-state index contributed by atoms with van der Waals surface area (Å²) in [6, 6.07) is 4.07. The minimum Gasteiger partial charge on any atom is -0.314 e. The van der Waals surface area contributed by atoms with Gasteiger partial charge in [-0.05, 0) is 19.4 Å². The summed E-state index contributed by atoms with van der Waals surface area (Å²) in [4.78, 5) is 10.3. The molecular weight excluding hydrogens is 318 g/mol. The zero-order valence-electron chi connectivity index (χ0n) is 11.8. The average molecular weight is 336 g/mol. The summed E-state index contributed by atoms with van der Waals surface area (Å²) in [6.45, 7) is 4.76. The highest BCUT2D eigenvalue weighted by atomic mass is 35.5. The fraction of sp³-hybridized carbons (Fsp3) is 0.500. The molecule has 0 unspecified atom stereocenters. The molecule has 1 aliphatic heterocycles. The molecule has 1 heterocycles. The molecule has 1 saturated heterocycles. The number of sulfonamides is 1. The molecule has 1 aromatic carbocycles. The lowest BCUT2D eigenvalue weighted by molar-refractivity contribution is -0.387. The number of hydrogen-bond acceptors (Lipinski definition) is 5. The maximum Gasteiger partial charge on any atom is 0.289 e. The summed E-state index contributed by atoms with van der Waals surface area (Å²) in [6.07, 6.45) is 0. The molecule has 0 amide bonds. The fourth-order valence-electron chi connectivity index (χ4n) is 2.41. The number of nitrogens with one attached hydrogen (secondary N) is 1. The molecule has 21 heavy (non-hydrogen) atoms. The Morgan fingerprint density at radius 3 is 2.67 bits per heavy atom. The number of nitro groups is 1. The van der Waals surface area contributed by atoms with Gasteiger partial charge in [-0.15, -0.1) is 12.4 Å². The van der Waals surface area contributed by atoms with Crippen LogP contribution in [0.1, 0.15) is 12.5 Å². The SMILES string of the molecule is Cc1cccc([N+](=O)[O-])c1S(=O)(=O)N1CCNC[C@H]1C.Cl. The molecule has 1 N–H and O–H groups in total. The Kier molecular flexibility index (Phi) is 5.68. The lowest BCUT2D eigenvalue weighted by atomic mass is 10.2. The number of halogens is 1. The third-order valence-electron chi connectivity index (χ3n) is 3.39. The first-order chi connectivity index (χ1) is 9.35. The van der Waals surface area contributed by atoms with Crippen LogP contribution in [0.5, 0.6) is 0 Å². The highest BCUT2D eigenvalue weighted by Crippen LogP contribution is 2.30. The van der Waals surface area contributed by atoms with Gasteiger partial charge < -0.3 is 5.32 Å². The summed E-state index contributed by atoms with van der Waals surface area (Å²) in [5.74, 6) is 0. The van der Waals surface area contributed by atoms with Crippen LogP contribution < -0.4 is 5.32 Å². The molecule has 7 nitrogen and oxygen atoms in total. The van der Waals surface area contributed by atoms with Gasteiger partial charge >= 0.3 is 0 Å². The highest BCUT2D eigenvalue weighted by Gasteiger charge is 2.36. The predicted molar refractivity (Wildman–Crippen MR) is 81.3 cm³/mol. The Hall–Kier alpha value is -1.22. The molecule has 1 atom stereocenters. The molecule has 0 aliphatic carbocycles. The number of hydrogen-bond donors (Lipinski definition) is 1. The molecule has 9 heteroatoms. The van der Waals surface area contributed by atoms with Gasteiger partial charge in [0.1, 0.15) is 0 Å². The van der Waals surface area contributed by atoms with E-state index in [1.54, 1.807) is 19.9 Å². The molecule has 1 aromatic rings. The maximum atomic E-state index is 12.7. The van der Waals surface area contributed by atoms with Gasteiger partial charge in [0, 0.05) is 31.7 Å². The van der Waals surface area contributed by atoms with E-state index in [9.17, 15) is 18.5 Å². The normalized spacial score (nSPS) is 19.8. The first-order valence-electron chi connectivity index (χ1n) is 6.32. The second-order valence-corrected chi connectivity index (χ2v) is 6.68. The van der Waals surface area contributed by atoms with Crippen LogP contribution in [0.4, 0.5) is 5.69 Å². The topological polar surface area (TPSA) is 92.5 Å². The first kappa shape index (κ1) is 17.8. The number of aryl methyl sites for hydroxylation is 1. The zero-order valence-corrected chi connectivity index (χ0v) is 13.4. The lowest BCUT2D eigenvalue weighted by Crippen LogP contribution is -2.52. The van der Waals surface area contributed by atoms with E-state index in [4.69, 9.17) is 0 Å². The minimum absolute atomic E-state index is 0. The van der Waals surface area contributed by atoms with E-state index < -0.39 is 14.9 Å². The van der Waals surface area contributed by atoms with Crippen molar-refractivity contribution >= 4 is 28.1 Å². The number of piperazine rings is 1. The quantitative estimate of drug-likeness (QED) is 0.664. The summed E-state index contributed by atoms with van der Waals surface area (Å²) >= 11 is 0. The van der Waals surface area contributed by atoms with Crippen molar-refractivity contribution in [3.8, 4) is 0 Å². The van der Waals surface area contributed by atoms with Crippen LogP contribution in [0.15, 0.2) is 23.1 Å². The van der Waals surface area contributed by atoms with Crippen LogP contribution >= 0.6 is 12.4 Å². The highest BCUT2D eigenvalue weighted by molar-refractivity contribution is 7.89. The van der Waals surface area contributed by atoms with Gasteiger partial charge in [-0.2, -0.15) is 4.31 Å². The van der Waals surface area contributed by atoms with Crippen molar-refractivity contribution < 1.29 is 13.3 Å². The van der Waals surface area contributed by atoms with Crippen molar-refractivity contribution in [3.63, 3.8) is 0 Å². The van der Waals surface area contributed by atoms with Crippen molar-refractivity contribution in [2.45, 2.75) is 24.8 Å². The van der Waals surface area contributed by atoms with Crippen molar-refractivity contribution in [1.82, 2.24) is 9.62 Å². The minimum atomic E-state index is -3.87. The van der Waals surface area contributed by atoms with Gasteiger partial charge in [0.2, 0.25) is 0 Å². The summed E-state index contributed by atoms with van der Waals surface area (Å²) in [7, 11) is -3.87. The molecule has 0 bridgehead atoms. The molecule has 0 saturated carbocycles. The van der Waals surface area contributed by atoms with Crippen LogP contribution in [-0.2, 0) is 10.0 Å². The van der Waals surface area contributed by atoms with Crippen molar-refractivity contribution in [2.24, 2.45) is 0 Å². The summed E-state index contributed by atoms with van der Waals surface area (Å²) in [5, 5.41) is 14.2. The maximum absolute atomic E-state index is 12.7. The second-order valence-electron chi connectivity index (χ2n) is 4.85. The average Bonchev–Trinajstić information content (AvgIpc) is 2.38. The van der Waals surface area contributed by atoms with Gasteiger partial charge in [-0.1, -0.05) is 12.1 Å². The summed E-state index contributed by atoms with van der Waals surface area (Å²) < 4.78 is 26.8. The van der Waals surface area contributed by atoms with Gasteiger partial charge in [0.25, 0.3) is 15.7 Å². The van der Waals surface area contributed by atoms with Crippen LogP contribution in [0, 0.1) is 17.0 Å². The molecule has 1 fully saturated rings. The van der Waals surface area contributed by atoms with E-state index in [-0.39, 0.29) is 29.0 Å². The van der Waals surface area contributed by atoms with Gasteiger partial charge in [-0.25, -0.2) is 8.42 Å². The molecule has 118 valence electrons. The first-order valence-corrected chi connectivity index (χ1v) is 7.76. The second kappa shape index (κ2) is 6.69. The molecule has 0 spiro atoms. The Morgan fingerprint density at radius 1 is 1.43 bits per heavy atom. The van der Waals surface area contributed by atoms with E-state index in [0.717, 1.165) is 0 Å². The van der Waals surface area contributed by atoms with E-state index in [2.05, 4.69) is 5.32 Å². The Morgan fingerprint density at radius 2 is 2.10 bits per heavy atom. The number of nitro benzene ring substituents is 1. The summed E-state index contributed by atoms with van der Waals surface area (Å²) in [5.41, 5.74) is 0.0284. The monoisotopic (exact) mass is 335 g/mol. The predicted octanol–water partition coefficient (Wildman–Crippen LogP) is 1.31. The molecule has 2 rings (SSSR count). The number of benzene rings is 1. The Bertz CT molecular complexity index is 635. The van der Waals surface area contributed by atoms with Gasteiger partial charge in [-0.3, -0.25) is 10.1 Å². The van der Waals surface area contributed by atoms with E-state index in [0.29, 0.717) is 25.2 Å². The largest absolute Gasteiger partial charge is 0.314 e. The molecular formula is C12H18ClN3O4S. The van der Waals surface area contributed by atoms with E-state index >= 15 is 0 Å². The number of rotatable bonds is 3. The van der Waals surface area contributed by atoms with E-state index in [1.807, 2.05) is 0 Å². The molecule has 0 aromatic heterocycles. The Labute approximate surface area is 129 Å². The van der Waals surface area contributed by atoms with Crippen LogP contribution in [0.3, 0.4) is 0 Å². The molecule has 1 aliphatic rings. The van der Waals surface area contributed by atoms with Gasteiger partial charge in [0.15, 0.2) is 4.90 Å².